The van der Waals surface area contributed by atoms with Crippen LogP contribution < -0.4 is 10.1 Å². The van der Waals surface area contributed by atoms with E-state index in [1.807, 2.05) is 0 Å². The van der Waals surface area contributed by atoms with E-state index in [1.54, 1.807) is 13.2 Å². The first-order chi connectivity index (χ1) is 9.63. The zero-order chi connectivity index (χ0) is 14.4. The summed E-state index contributed by atoms with van der Waals surface area (Å²) in [7, 11) is 1.55. The van der Waals surface area contributed by atoms with Gasteiger partial charge in [-0.15, -0.1) is 0 Å². The number of nitrogens with one attached hydrogen (secondary N) is 1. The number of carbonyl (C=O) groups is 1. The summed E-state index contributed by atoms with van der Waals surface area (Å²) >= 11 is 0. The van der Waals surface area contributed by atoms with Gasteiger partial charge >= 0.3 is 5.97 Å². The van der Waals surface area contributed by atoms with Gasteiger partial charge in [-0.1, -0.05) is 19.3 Å². The summed E-state index contributed by atoms with van der Waals surface area (Å²) in [6.07, 6.45) is 6.95. The molecule has 1 aliphatic carbocycles. The zero-order valence-electron chi connectivity index (χ0n) is 11.8. The number of hydrogen-bond acceptors (Lipinski definition) is 5. The van der Waals surface area contributed by atoms with Crippen LogP contribution in [0.5, 0.6) is 5.88 Å². The Morgan fingerprint density at radius 1 is 1.40 bits per heavy atom. The van der Waals surface area contributed by atoms with Crippen LogP contribution in [0.25, 0.3) is 0 Å². The van der Waals surface area contributed by atoms with Gasteiger partial charge < -0.3 is 15.2 Å². The second-order valence-corrected chi connectivity index (χ2v) is 5.43. The Labute approximate surface area is 118 Å². The number of methoxy groups -OCH3 is 1. The normalized spacial score (nSPS) is 17.4. The molecule has 2 N–H and O–H groups in total. The molecule has 0 bridgehead atoms. The van der Waals surface area contributed by atoms with E-state index < -0.39 is 5.97 Å². The number of aromatic nitrogens is 2. The summed E-state index contributed by atoms with van der Waals surface area (Å²) in [5.41, 5.74) is -0.164. The number of carboxylic acids is 1. The summed E-state index contributed by atoms with van der Waals surface area (Å²) in [4.78, 5) is 19.2. The van der Waals surface area contributed by atoms with Crippen molar-refractivity contribution < 1.29 is 14.6 Å². The zero-order valence-corrected chi connectivity index (χ0v) is 11.8. The van der Waals surface area contributed by atoms with Crippen LogP contribution in [0.3, 0.4) is 0 Å². The minimum atomic E-state index is -0.728. The van der Waals surface area contributed by atoms with E-state index in [1.165, 1.54) is 12.7 Å². The molecule has 6 heteroatoms. The number of rotatable bonds is 6. The van der Waals surface area contributed by atoms with Crippen molar-refractivity contribution in [3.8, 4) is 5.88 Å². The van der Waals surface area contributed by atoms with Crippen LogP contribution in [0.15, 0.2) is 12.4 Å². The fraction of sp³-hybridized carbons (Fsp3) is 0.643. The molecule has 0 atom stereocenters. The lowest BCUT2D eigenvalue weighted by Gasteiger charge is -2.36. The molecular weight excluding hydrogens is 258 g/mol. The third-order valence-corrected chi connectivity index (χ3v) is 3.94. The molecule has 0 saturated heterocycles. The van der Waals surface area contributed by atoms with Gasteiger partial charge in [-0.3, -0.25) is 4.79 Å². The van der Waals surface area contributed by atoms with Gasteiger partial charge in [0.05, 0.1) is 13.5 Å². The quantitative estimate of drug-likeness (QED) is 0.831. The predicted molar refractivity (Wildman–Crippen MR) is 74.8 cm³/mol. The van der Waals surface area contributed by atoms with Crippen LogP contribution in [-0.4, -0.2) is 34.7 Å². The molecule has 0 spiro atoms. The Bertz CT molecular complexity index is 459. The molecule has 0 amide bonds. The van der Waals surface area contributed by atoms with Gasteiger partial charge in [0, 0.05) is 12.6 Å². The molecule has 0 aliphatic heterocycles. The molecule has 1 heterocycles. The average Bonchev–Trinajstić information content (AvgIpc) is 2.46. The molecular formula is C14H21N3O3. The van der Waals surface area contributed by atoms with Crippen LogP contribution >= 0.6 is 0 Å². The smallest absolute Gasteiger partial charge is 0.303 e. The minimum absolute atomic E-state index is 0.164. The molecule has 2 rings (SSSR count). The number of aliphatic carboxylic acids is 1. The molecule has 1 saturated carbocycles. The first-order valence-electron chi connectivity index (χ1n) is 6.95. The number of carboxylic acid groups (broad SMARTS) is 1. The predicted octanol–water partition coefficient (Wildman–Crippen LogP) is 2.32. The van der Waals surface area contributed by atoms with Crippen molar-refractivity contribution in [1.82, 2.24) is 9.97 Å². The summed E-state index contributed by atoms with van der Waals surface area (Å²) < 4.78 is 5.05. The lowest BCUT2D eigenvalue weighted by atomic mass is 9.72. The molecule has 1 aliphatic rings. The van der Waals surface area contributed by atoms with E-state index >= 15 is 0 Å². The van der Waals surface area contributed by atoms with E-state index in [0.29, 0.717) is 18.2 Å². The minimum Gasteiger partial charge on any atom is -0.481 e. The van der Waals surface area contributed by atoms with Gasteiger partial charge in [0.15, 0.2) is 0 Å². The third kappa shape index (κ3) is 3.82. The first kappa shape index (κ1) is 14.6. The summed E-state index contributed by atoms with van der Waals surface area (Å²) in [6, 6.07) is 1.72. The van der Waals surface area contributed by atoms with Crippen molar-refractivity contribution in [2.45, 2.75) is 38.5 Å². The standard InChI is InChI=1S/C14H21N3O3/c1-20-12-7-11(16-10-17-12)15-9-14(8-13(18)19)5-3-2-4-6-14/h7,10H,2-6,8-9H2,1H3,(H,18,19)(H,15,16,17). The molecule has 0 unspecified atom stereocenters. The lowest BCUT2D eigenvalue weighted by Crippen LogP contribution is -2.34. The molecule has 0 radical (unpaired) electrons. The van der Waals surface area contributed by atoms with Crippen LogP contribution in [-0.2, 0) is 4.79 Å². The Morgan fingerprint density at radius 3 is 2.80 bits per heavy atom. The fourth-order valence-electron chi connectivity index (χ4n) is 2.86. The van der Waals surface area contributed by atoms with E-state index in [9.17, 15) is 4.79 Å². The largest absolute Gasteiger partial charge is 0.481 e. The Hall–Kier alpha value is -1.85. The van der Waals surface area contributed by atoms with E-state index in [4.69, 9.17) is 9.84 Å². The van der Waals surface area contributed by atoms with Crippen LogP contribution in [0.2, 0.25) is 0 Å². The van der Waals surface area contributed by atoms with Crippen molar-refractivity contribution in [3.63, 3.8) is 0 Å². The van der Waals surface area contributed by atoms with Crippen molar-refractivity contribution in [2.75, 3.05) is 19.0 Å². The van der Waals surface area contributed by atoms with Crippen molar-refractivity contribution in [1.29, 1.82) is 0 Å². The molecule has 0 aromatic carbocycles. The highest BCUT2D eigenvalue weighted by atomic mass is 16.5. The van der Waals surface area contributed by atoms with Gasteiger partial charge in [-0.05, 0) is 18.3 Å². The molecule has 110 valence electrons. The number of anilines is 1. The highest BCUT2D eigenvalue weighted by Gasteiger charge is 2.34. The summed E-state index contributed by atoms with van der Waals surface area (Å²) in [5, 5.41) is 12.4. The van der Waals surface area contributed by atoms with Crippen molar-refractivity contribution in [3.05, 3.63) is 12.4 Å². The molecule has 1 fully saturated rings. The summed E-state index contributed by atoms with van der Waals surface area (Å²) in [5.74, 6) is 0.444. The van der Waals surface area contributed by atoms with Crippen LogP contribution in [0.4, 0.5) is 5.82 Å². The van der Waals surface area contributed by atoms with Crippen LogP contribution in [0, 0.1) is 5.41 Å². The summed E-state index contributed by atoms with van der Waals surface area (Å²) in [6.45, 7) is 0.624. The third-order valence-electron chi connectivity index (χ3n) is 3.94. The van der Waals surface area contributed by atoms with Crippen molar-refractivity contribution >= 4 is 11.8 Å². The average molecular weight is 279 g/mol. The monoisotopic (exact) mass is 279 g/mol. The maximum atomic E-state index is 11.1. The SMILES string of the molecule is COc1cc(NCC2(CC(=O)O)CCCCC2)ncn1. The Kier molecular flexibility index (Phi) is 4.76. The molecule has 1 aromatic rings. The number of ether oxygens (including phenoxy) is 1. The van der Waals surface area contributed by atoms with Crippen LogP contribution in [0.1, 0.15) is 38.5 Å². The lowest BCUT2D eigenvalue weighted by molar-refractivity contribution is -0.140. The van der Waals surface area contributed by atoms with Gasteiger partial charge in [0.2, 0.25) is 5.88 Å². The topological polar surface area (TPSA) is 84.3 Å². The molecule has 1 aromatic heterocycles. The van der Waals surface area contributed by atoms with Gasteiger partial charge in [-0.25, -0.2) is 9.97 Å². The second kappa shape index (κ2) is 6.54. The Balaban J connectivity index is 2.02. The van der Waals surface area contributed by atoms with Gasteiger partial charge in [0.1, 0.15) is 12.1 Å². The first-order valence-corrected chi connectivity index (χ1v) is 6.95. The highest BCUT2D eigenvalue weighted by Crippen LogP contribution is 2.39. The number of hydrogen-bond donors (Lipinski definition) is 2. The number of nitrogens with zero attached hydrogens (tertiary/aromatic N) is 2. The van der Waals surface area contributed by atoms with E-state index in [-0.39, 0.29) is 11.8 Å². The van der Waals surface area contributed by atoms with Gasteiger partial charge in [-0.2, -0.15) is 0 Å². The highest BCUT2D eigenvalue weighted by molar-refractivity contribution is 5.67. The van der Waals surface area contributed by atoms with E-state index in [2.05, 4.69) is 15.3 Å². The Morgan fingerprint density at radius 2 is 2.15 bits per heavy atom. The van der Waals surface area contributed by atoms with Crippen molar-refractivity contribution in [2.24, 2.45) is 5.41 Å². The van der Waals surface area contributed by atoms with E-state index in [0.717, 1.165) is 25.7 Å². The second-order valence-electron chi connectivity index (χ2n) is 5.43. The molecule has 6 nitrogen and oxygen atoms in total. The maximum absolute atomic E-state index is 11.1. The fourth-order valence-corrected chi connectivity index (χ4v) is 2.86. The van der Waals surface area contributed by atoms with Gasteiger partial charge in [0.25, 0.3) is 0 Å². The maximum Gasteiger partial charge on any atom is 0.303 e. The molecule has 20 heavy (non-hydrogen) atoms.